The van der Waals surface area contributed by atoms with Gasteiger partial charge in [-0.1, -0.05) is 18.2 Å². The van der Waals surface area contributed by atoms with Crippen molar-refractivity contribution < 1.29 is 4.79 Å². The number of amides is 1. The summed E-state index contributed by atoms with van der Waals surface area (Å²) in [6.07, 6.45) is 2.50. The maximum atomic E-state index is 12.9. The third-order valence-electron chi connectivity index (χ3n) is 6.28. The molecule has 2 aromatic heterocycles. The first-order valence-electron chi connectivity index (χ1n) is 11.2. The molecule has 5 rings (SSSR count). The predicted octanol–water partition coefficient (Wildman–Crippen LogP) is 1.59. The van der Waals surface area contributed by atoms with Crippen LogP contribution in [0, 0.1) is 0 Å². The maximum Gasteiger partial charge on any atom is 0.263 e. The summed E-state index contributed by atoms with van der Waals surface area (Å²) in [6, 6.07) is 8.13. The van der Waals surface area contributed by atoms with Gasteiger partial charge in [-0.2, -0.15) is 10.1 Å². The zero-order chi connectivity index (χ0) is 22.5. The van der Waals surface area contributed by atoms with E-state index in [1.54, 1.807) is 10.9 Å². The maximum absolute atomic E-state index is 12.9. The molecular weight excluding hydrogens is 406 g/mol. The van der Waals surface area contributed by atoms with Crippen LogP contribution in [0.4, 0.5) is 11.6 Å². The number of anilines is 2. The van der Waals surface area contributed by atoms with Crippen LogP contribution in [0.5, 0.6) is 0 Å². The summed E-state index contributed by atoms with van der Waals surface area (Å²) >= 11 is 0. The highest BCUT2D eigenvalue weighted by atomic mass is 16.2. The van der Waals surface area contributed by atoms with E-state index in [0.29, 0.717) is 36.6 Å². The summed E-state index contributed by atoms with van der Waals surface area (Å²) in [4.78, 5) is 39.3. The van der Waals surface area contributed by atoms with Gasteiger partial charge in [-0.05, 0) is 38.8 Å². The van der Waals surface area contributed by atoms with Crippen molar-refractivity contribution in [3.05, 3.63) is 46.4 Å². The number of piperazine rings is 1. The average Bonchev–Trinajstić information content (AvgIpc) is 3.39. The van der Waals surface area contributed by atoms with E-state index < -0.39 is 0 Å². The fraction of sp³-hybridized carbons (Fsp3) is 0.478. The van der Waals surface area contributed by atoms with Crippen molar-refractivity contribution in [1.82, 2.24) is 24.6 Å². The Morgan fingerprint density at radius 1 is 1.09 bits per heavy atom. The van der Waals surface area contributed by atoms with Gasteiger partial charge in [0.2, 0.25) is 11.9 Å². The quantitative estimate of drug-likeness (QED) is 0.672. The van der Waals surface area contributed by atoms with E-state index in [4.69, 9.17) is 4.98 Å². The summed E-state index contributed by atoms with van der Waals surface area (Å²) in [7, 11) is 0. The Labute approximate surface area is 186 Å². The van der Waals surface area contributed by atoms with Crippen molar-refractivity contribution in [3.63, 3.8) is 0 Å². The van der Waals surface area contributed by atoms with Crippen LogP contribution in [-0.4, -0.2) is 69.8 Å². The van der Waals surface area contributed by atoms with Gasteiger partial charge in [0, 0.05) is 38.4 Å². The number of carbonyl (C=O) groups is 1. The van der Waals surface area contributed by atoms with Crippen LogP contribution >= 0.6 is 0 Å². The van der Waals surface area contributed by atoms with Gasteiger partial charge in [0.05, 0.1) is 18.3 Å². The molecule has 0 saturated carbocycles. The normalized spacial score (nSPS) is 17.2. The third-order valence-corrected chi connectivity index (χ3v) is 6.28. The lowest BCUT2D eigenvalue weighted by Gasteiger charge is -2.35. The number of hydrogen-bond donors (Lipinski definition) is 1. The molecule has 0 atom stereocenters. The Hall–Kier alpha value is -3.20. The first-order valence-corrected chi connectivity index (χ1v) is 11.2. The SMILES string of the molecule is CC(C)(C)n1ncc2c(=O)[nH]c(N3CCN(CC(=O)N4CCc5ccccc54)CC3)nc21. The number of aromatic amines is 1. The number of nitrogens with zero attached hydrogens (tertiary/aromatic N) is 6. The summed E-state index contributed by atoms with van der Waals surface area (Å²) in [6.45, 7) is 10.1. The molecule has 9 nitrogen and oxygen atoms in total. The lowest BCUT2D eigenvalue weighted by molar-refractivity contribution is -0.119. The van der Waals surface area contributed by atoms with Crippen molar-refractivity contribution in [3.8, 4) is 0 Å². The molecule has 1 aromatic carbocycles. The zero-order valence-electron chi connectivity index (χ0n) is 18.8. The largest absolute Gasteiger partial charge is 0.340 e. The number of carbonyl (C=O) groups excluding carboxylic acids is 1. The van der Waals surface area contributed by atoms with Crippen LogP contribution in [0.2, 0.25) is 0 Å². The molecule has 0 radical (unpaired) electrons. The third kappa shape index (κ3) is 3.66. The summed E-state index contributed by atoms with van der Waals surface area (Å²) < 4.78 is 1.80. The molecular formula is C23H29N7O2. The smallest absolute Gasteiger partial charge is 0.263 e. The first-order chi connectivity index (χ1) is 15.3. The van der Waals surface area contributed by atoms with Gasteiger partial charge in [-0.15, -0.1) is 0 Å². The van der Waals surface area contributed by atoms with E-state index in [2.05, 4.69) is 25.9 Å². The molecule has 4 heterocycles. The fourth-order valence-corrected chi connectivity index (χ4v) is 4.54. The highest BCUT2D eigenvalue weighted by Crippen LogP contribution is 2.27. The number of para-hydroxylation sites is 1. The molecule has 1 fully saturated rings. The Morgan fingerprint density at radius 3 is 2.59 bits per heavy atom. The lowest BCUT2D eigenvalue weighted by atomic mass is 10.1. The molecule has 0 unspecified atom stereocenters. The molecule has 1 amide bonds. The minimum Gasteiger partial charge on any atom is -0.340 e. The van der Waals surface area contributed by atoms with Crippen LogP contribution in [0.1, 0.15) is 26.3 Å². The minimum absolute atomic E-state index is 0.144. The van der Waals surface area contributed by atoms with Crippen molar-refractivity contribution in [2.24, 2.45) is 0 Å². The second-order valence-corrected chi connectivity index (χ2v) is 9.54. The number of benzene rings is 1. The van der Waals surface area contributed by atoms with Gasteiger partial charge in [-0.3, -0.25) is 19.5 Å². The number of H-pyrrole nitrogens is 1. The van der Waals surface area contributed by atoms with Crippen molar-refractivity contribution in [2.45, 2.75) is 32.7 Å². The second-order valence-electron chi connectivity index (χ2n) is 9.54. The molecule has 1 N–H and O–H groups in total. The van der Waals surface area contributed by atoms with Crippen molar-refractivity contribution >= 4 is 28.6 Å². The van der Waals surface area contributed by atoms with Crippen LogP contribution in [0.25, 0.3) is 11.0 Å². The standard InChI is InChI=1S/C23H29N7O2/c1-23(2,3)30-20-17(14-24-30)21(32)26-22(25-20)28-12-10-27(11-13-28)15-19(31)29-9-8-16-6-4-5-7-18(16)29/h4-7,14H,8-13,15H2,1-3H3,(H,25,26,32). The monoisotopic (exact) mass is 435 g/mol. The molecule has 2 aliphatic rings. The Kier molecular flexibility index (Phi) is 5.00. The van der Waals surface area contributed by atoms with E-state index in [1.165, 1.54) is 5.56 Å². The number of nitrogens with one attached hydrogen (secondary N) is 1. The van der Waals surface area contributed by atoms with Crippen molar-refractivity contribution in [2.75, 3.05) is 49.1 Å². The van der Waals surface area contributed by atoms with E-state index in [-0.39, 0.29) is 17.0 Å². The van der Waals surface area contributed by atoms with Gasteiger partial charge in [0.1, 0.15) is 5.39 Å². The first kappa shape index (κ1) is 20.7. The van der Waals surface area contributed by atoms with Gasteiger partial charge in [0.25, 0.3) is 5.56 Å². The molecule has 3 aromatic rings. The second kappa shape index (κ2) is 7.74. The van der Waals surface area contributed by atoms with E-state index in [0.717, 1.165) is 31.7 Å². The number of fused-ring (bicyclic) bond motifs is 2. The fourth-order valence-electron chi connectivity index (χ4n) is 4.54. The van der Waals surface area contributed by atoms with E-state index in [9.17, 15) is 9.59 Å². The summed E-state index contributed by atoms with van der Waals surface area (Å²) in [5.74, 6) is 0.707. The van der Waals surface area contributed by atoms with Gasteiger partial charge in [-0.25, -0.2) is 4.68 Å². The number of rotatable bonds is 3. The Morgan fingerprint density at radius 2 is 1.84 bits per heavy atom. The van der Waals surface area contributed by atoms with Gasteiger partial charge >= 0.3 is 0 Å². The Balaban J connectivity index is 1.27. The number of hydrogen-bond acceptors (Lipinski definition) is 6. The molecule has 1 saturated heterocycles. The molecule has 2 aliphatic heterocycles. The summed E-state index contributed by atoms with van der Waals surface area (Å²) in [5, 5.41) is 4.88. The van der Waals surface area contributed by atoms with Crippen LogP contribution in [-0.2, 0) is 16.8 Å². The van der Waals surface area contributed by atoms with Crippen LogP contribution in [0.3, 0.4) is 0 Å². The highest BCUT2D eigenvalue weighted by molar-refractivity contribution is 5.96. The molecule has 32 heavy (non-hydrogen) atoms. The lowest BCUT2D eigenvalue weighted by Crippen LogP contribution is -2.50. The highest BCUT2D eigenvalue weighted by Gasteiger charge is 2.28. The Bertz CT molecular complexity index is 1220. The topological polar surface area (TPSA) is 90.4 Å². The minimum atomic E-state index is -0.271. The molecule has 168 valence electrons. The van der Waals surface area contributed by atoms with Crippen molar-refractivity contribution in [1.29, 1.82) is 0 Å². The van der Waals surface area contributed by atoms with Crippen LogP contribution in [0.15, 0.2) is 35.3 Å². The van der Waals surface area contributed by atoms with E-state index in [1.807, 2.05) is 43.9 Å². The van der Waals surface area contributed by atoms with E-state index >= 15 is 0 Å². The van der Waals surface area contributed by atoms with Crippen LogP contribution < -0.4 is 15.4 Å². The summed E-state index contributed by atoms with van der Waals surface area (Å²) in [5.41, 5.74) is 2.44. The molecule has 9 heteroatoms. The number of aromatic nitrogens is 4. The molecule has 0 bridgehead atoms. The van der Waals surface area contributed by atoms with Gasteiger partial charge in [0.15, 0.2) is 5.65 Å². The molecule has 0 aliphatic carbocycles. The zero-order valence-corrected chi connectivity index (χ0v) is 18.8. The molecule has 0 spiro atoms. The predicted molar refractivity (Wildman–Crippen MR) is 124 cm³/mol. The average molecular weight is 436 g/mol. The van der Waals surface area contributed by atoms with Gasteiger partial charge < -0.3 is 9.80 Å².